The SMILES string of the molecule is CCCCN(CC)C(=O)NC1(C(=O)O)CCCCCC1. The van der Waals surface area contributed by atoms with E-state index in [0.29, 0.717) is 25.9 Å². The van der Waals surface area contributed by atoms with Gasteiger partial charge in [-0.05, 0) is 26.2 Å². The largest absolute Gasteiger partial charge is 0.480 e. The molecule has 2 amide bonds. The lowest BCUT2D eigenvalue weighted by Gasteiger charge is -2.32. The van der Waals surface area contributed by atoms with Crippen LogP contribution in [0, 0.1) is 0 Å². The number of nitrogens with zero attached hydrogens (tertiary/aromatic N) is 1. The molecule has 1 fully saturated rings. The molecular formula is C15H28N2O3. The standard InChI is InChI=1S/C15H28N2O3/c1-3-5-12-17(4-2)14(20)16-15(13(18)19)10-8-6-7-9-11-15/h3-12H2,1-2H3,(H,16,20)(H,18,19). The predicted octanol–water partition coefficient (Wildman–Crippen LogP) is 3.00. The van der Waals surface area contributed by atoms with E-state index >= 15 is 0 Å². The lowest BCUT2D eigenvalue weighted by molar-refractivity contribution is -0.145. The quantitative estimate of drug-likeness (QED) is 0.737. The van der Waals surface area contributed by atoms with Crippen LogP contribution in [0.2, 0.25) is 0 Å². The molecule has 1 rings (SSSR count). The molecule has 0 atom stereocenters. The van der Waals surface area contributed by atoms with Gasteiger partial charge in [-0.25, -0.2) is 9.59 Å². The van der Waals surface area contributed by atoms with Crippen molar-refractivity contribution in [1.29, 1.82) is 0 Å². The second-order valence-corrected chi connectivity index (χ2v) is 5.66. The molecule has 0 bridgehead atoms. The van der Waals surface area contributed by atoms with Gasteiger partial charge < -0.3 is 15.3 Å². The molecule has 0 heterocycles. The molecule has 20 heavy (non-hydrogen) atoms. The Morgan fingerprint density at radius 2 is 1.75 bits per heavy atom. The topological polar surface area (TPSA) is 69.6 Å². The van der Waals surface area contributed by atoms with E-state index in [1.807, 2.05) is 6.92 Å². The number of aliphatic carboxylic acids is 1. The summed E-state index contributed by atoms with van der Waals surface area (Å²) in [5.41, 5.74) is -1.06. The zero-order chi connectivity index (χ0) is 15.0. The van der Waals surface area contributed by atoms with Gasteiger partial charge in [0.25, 0.3) is 0 Å². The van der Waals surface area contributed by atoms with Crippen molar-refractivity contribution in [2.24, 2.45) is 0 Å². The number of amides is 2. The average Bonchev–Trinajstić information content (AvgIpc) is 2.66. The zero-order valence-electron chi connectivity index (χ0n) is 12.8. The van der Waals surface area contributed by atoms with Gasteiger partial charge in [0.05, 0.1) is 0 Å². The van der Waals surface area contributed by atoms with Gasteiger partial charge in [-0.1, -0.05) is 39.0 Å². The van der Waals surface area contributed by atoms with Gasteiger partial charge in [0, 0.05) is 13.1 Å². The summed E-state index contributed by atoms with van der Waals surface area (Å²) in [6, 6.07) is -0.231. The van der Waals surface area contributed by atoms with Crippen LogP contribution in [0.5, 0.6) is 0 Å². The normalized spacial score (nSPS) is 18.1. The highest BCUT2D eigenvalue weighted by Gasteiger charge is 2.40. The minimum Gasteiger partial charge on any atom is -0.480 e. The molecule has 0 aromatic heterocycles. The van der Waals surface area contributed by atoms with Crippen molar-refractivity contribution in [3.63, 3.8) is 0 Å². The van der Waals surface area contributed by atoms with E-state index in [2.05, 4.69) is 12.2 Å². The lowest BCUT2D eigenvalue weighted by Crippen LogP contribution is -2.57. The summed E-state index contributed by atoms with van der Waals surface area (Å²) >= 11 is 0. The highest BCUT2D eigenvalue weighted by Crippen LogP contribution is 2.27. The van der Waals surface area contributed by atoms with E-state index in [0.717, 1.165) is 38.5 Å². The number of hydrogen-bond acceptors (Lipinski definition) is 2. The number of carboxylic acids is 1. The second-order valence-electron chi connectivity index (χ2n) is 5.66. The first-order valence-corrected chi connectivity index (χ1v) is 7.86. The number of unbranched alkanes of at least 4 members (excludes halogenated alkanes) is 1. The Labute approximate surface area is 121 Å². The third-order valence-electron chi connectivity index (χ3n) is 4.16. The fraction of sp³-hybridized carbons (Fsp3) is 0.867. The van der Waals surface area contributed by atoms with E-state index in [-0.39, 0.29) is 6.03 Å². The molecule has 5 heteroatoms. The third-order valence-corrected chi connectivity index (χ3v) is 4.16. The first-order valence-electron chi connectivity index (χ1n) is 7.86. The fourth-order valence-corrected chi connectivity index (χ4v) is 2.76. The summed E-state index contributed by atoms with van der Waals surface area (Å²) in [6.45, 7) is 5.31. The molecule has 0 spiro atoms. The van der Waals surface area contributed by atoms with Crippen molar-refractivity contribution < 1.29 is 14.7 Å². The van der Waals surface area contributed by atoms with Crippen LogP contribution in [-0.2, 0) is 4.79 Å². The smallest absolute Gasteiger partial charge is 0.329 e. The Bertz CT molecular complexity index is 323. The van der Waals surface area contributed by atoms with Crippen LogP contribution in [0.15, 0.2) is 0 Å². The highest BCUT2D eigenvalue weighted by molar-refractivity contribution is 5.86. The van der Waals surface area contributed by atoms with E-state index < -0.39 is 11.5 Å². The lowest BCUT2D eigenvalue weighted by atomic mass is 9.90. The monoisotopic (exact) mass is 284 g/mol. The van der Waals surface area contributed by atoms with Gasteiger partial charge in [-0.2, -0.15) is 0 Å². The van der Waals surface area contributed by atoms with Crippen molar-refractivity contribution in [1.82, 2.24) is 10.2 Å². The maximum atomic E-state index is 12.3. The van der Waals surface area contributed by atoms with Crippen LogP contribution in [0.3, 0.4) is 0 Å². The summed E-state index contributed by atoms with van der Waals surface area (Å²) in [5.74, 6) is -0.890. The van der Waals surface area contributed by atoms with Crippen molar-refractivity contribution in [2.45, 2.75) is 70.8 Å². The highest BCUT2D eigenvalue weighted by atomic mass is 16.4. The summed E-state index contributed by atoms with van der Waals surface area (Å²) in [5, 5.41) is 12.4. The zero-order valence-corrected chi connectivity index (χ0v) is 12.8. The Hall–Kier alpha value is -1.26. The first-order chi connectivity index (χ1) is 9.55. The van der Waals surface area contributed by atoms with Crippen molar-refractivity contribution >= 4 is 12.0 Å². The molecular weight excluding hydrogens is 256 g/mol. The number of hydrogen-bond donors (Lipinski definition) is 2. The molecule has 2 N–H and O–H groups in total. The van der Waals surface area contributed by atoms with E-state index in [4.69, 9.17) is 0 Å². The molecule has 5 nitrogen and oxygen atoms in total. The molecule has 1 saturated carbocycles. The fourth-order valence-electron chi connectivity index (χ4n) is 2.76. The van der Waals surface area contributed by atoms with E-state index in [9.17, 15) is 14.7 Å². The maximum absolute atomic E-state index is 12.3. The minimum absolute atomic E-state index is 0.231. The van der Waals surface area contributed by atoms with Crippen LogP contribution in [0.25, 0.3) is 0 Å². The number of carbonyl (C=O) groups is 2. The van der Waals surface area contributed by atoms with Crippen molar-refractivity contribution in [2.75, 3.05) is 13.1 Å². The molecule has 0 aliphatic heterocycles. The maximum Gasteiger partial charge on any atom is 0.329 e. The summed E-state index contributed by atoms with van der Waals surface area (Å²) in [6.07, 6.45) is 6.89. The first kappa shape index (κ1) is 16.8. The Kier molecular flexibility index (Phi) is 6.82. The van der Waals surface area contributed by atoms with Crippen LogP contribution < -0.4 is 5.32 Å². The number of carbonyl (C=O) groups excluding carboxylic acids is 1. The molecule has 0 radical (unpaired) electrons. The van der Waals surface area contributed by atoms with Gasteiger partial charge in [0.2, 0.25) is 0 Å². The summed E-state index contributed by atoms with van der Waals surface area (Å²) < 4.78 is 0. The molecule has 0 aromatic carbocycles. The number of rotatable bonds is 6. The number of nitrogens with one attached hydrogen (secondary N) is 1. The van der Waals surface area contributed by atoms with Crippen LogP contribution >= 0.6 is 0 Å². The van der Waals surface area contributed by atoms with Crippen LogP contribution in [-0.4, -0.2) is 40.6 Å². The Morgan fingerprint density at radius 3 is 2.20 bits per heavy atom. The van der Waals surface area contributed by atoms with Gasteiger partial charge >= 0.3 is 12.0 Å². The van der Waals surface area contributed by atoms with Gasteiger partial charge in [0.15, 0.2) is 0 Å². The molecule has 0 aromatic rings. The van der Waals surface area contributed by atoms with Crippen LogP contribution in [0.4, 0.5) is 4.79 Å². The molecule has 1 aliphatic carbocycles. The molecule has 0 saturated heterocycles. The van der Waals surface area contributed by atoms with Gasteiger partial charge in [-0.3, -0.25) is 0 Å². The van der Waals surface area contributed by atoms with Crippen molar-refractivity contribution in [3.8, 4) is 0 Å². The van der Waals surface area contributed by atoms with Gasteiger partial charge in [-0.15, -0.1) is 0 Å². The molecule has 0 unspecified atom stereocenters. The summed E-state index contributed by atoms with van der Waals surface area (Å²) in [7, 11) is 0. The number of carboxylic acid groups (broad SMARTS) is 1. The number of urea groups is 1. The Balaban J connectivity index is 2.73. The average molecular weight is 284 g/mol. The van der Waals surface area contributed by atoms with E-state index in [1.54, 1.807) is 4.90 Å². The Morgan fingerprint density at radius 1 is 1.15 bits per heavy atom. The van der Waals surface area contributed by atoms with Gasteiger partial charge in [0.1, 0.15) is 5.54 Å². The predicted molar refractivity (Wildman–Crippen MR) is 78.8 cm³/mol. The van der Waals surface area contributed by atoms with Crippen molar-refractivity contribution in [3.05, 3.63) is 0 Å². The third kappa shape index (κ3) is 4.39. The van der Waals surface area contributed by atoms with E-state index in [1.165, 1.54) is 0 Å². The molecule has 1 aliphatic rings. The summed E-state index contributed by atoms with van der Waals surface area (Å²) in [4.78, 5) is 25.7. The van der Waals surface area contributed by atoms with Crippen LogP contribution in [0.1, 0.15) is 65.2 Å². The molecule has 116 valence electrons. The second kappa shape index (κ2) is 8.12. The minimum atomic E-state index is -1.06.